The zero-order valence-corrected chi connectivity index (χ0v) is 15.9. The lowest BCUT2D eigenvalue weighted by molar-refractivity contribution is 0.565. The fourth-order valence-corrected chi connectivity index (χ4v) is 2.99. The number of nitrogens with zero attached hydrogens (tertiary/aromatic N) is 5. The first kappa shape index (κ1) is 18.2. The van der Waals surface area contributed by atoms with E-state index in [9.17, 15) is 0 Å². The molecule has 0 fully saturated rings. The van der Waals surface area contributed by atoms with Crippen molar-refractivity contribution in [1.29, 1.82) is 0 Å². The Labute approximate surface area is 154 Å². The van der Waals surface area contributed by atoms with Crippen LogP contribution in [0.2, 0.25) is 0 Å². The molecule has 0 aromatic carbocycles. The Balaban J connectivity index is 1.69. The molecule has 0 saturated heterocycles. The van der Waals surface area contributed by atoms with Crippen LogP contribution in [-0.4, -0.2) is 24.7 Å². The molecule has 6 heteroatoms. The summed E-state index contributed by atoms with van der Waals surface area (Å²) in [6, 6.07) is 4.01. The van der Waals surface area contributed by atoms with E-state index in [0.717, 1.165) is 47.8 Å². The van der Waals surface area contributed by atoms with Gasteiger partial charge in [0.2, 0.25) is 0 Å². The van der Waals surface area contributed by atoms with Crippen molar-refractivity contribution in [3.05, 3.63) is 59.4 Å². The first-order valence-corrected chi connectivity index (χ1v) is 9.08. The van der Waals surface area contributed by atoms with Crippen LogP contribution in [0.15, 0.2) is 36.9 Å². The van der Waals surface area contributed by atoms with Gasteiger partial charge in [0.25, 0.3) is 0 Å². The van der Waals surface area contributed by atoms with Crippen molar-refractivity contribution in [2.45, 2.75) is 53.2 Å². The SMILES string of the molecule is CCCn1cc(CN[C@H](C)c2cnc(-c3ccncc3)nc2C)c(C)n1. The zero-order chi connectivity index (χ0) is 18.5. The molecule has 0 amide bonds. The lowest BCUT2D eigenvalue weighted by Gasteiger charge is -2.16. The predicted molar refractivity (Wildman–Crippen MR) is 103 cm³/mol. The van der Waals surface area contributed by atoms with Crippen LogP contribution in [-0.2, 0) is 13.1 Å². The number of pyridine rings is 1. The molecule has 0 saturated carbocycles. The second kappa shape index (κ2) is 8.19. The minimum atomic E-state index is 0.162. The van der Waals surface area contributed by atoms with Crippen molar-refractivity contribution in [1.82, 2.24) is 30.0 Å². The second-order valence-electron chi connectivity index (χ2n) is 6.58. The highest BCUT2D eigenvalue weighted by Gasteiger charge is 2.13. The third-order valence-corrected chi connectivity index (χ3v) is 4.52. The van der Waals surface area contributed by atoms with Crippen molar-refractivity contribution < 1.29 is 0 Å². The van der Waals surface area contributed by atoms with Gasteiger partial charge in [-0.2, -0.15) is 5.10 Å². The van der Waals surface area contributed by atoms with Gasteiger partial charge in [-0.1, -0.05) is 6.92 Å². The van der Waals surface area contributed by atoms with Crippen LogP contribution >= 0.6 is 0 Å². The molecule has 26 heavy (non-hydrogen) atoms. The molecule has 1 atom stereocenters. The first-order chi connectivity index (χ1) is 12.6. The molecular formula is C20H26N6. The van der Waals surface area contributed by atoms with Crippen molar-refractivity contribution in [3.8, 4) is 11.4 Å². The molecule has 0 radical (unpaired) electrons. The van der Waals surface area contributed by atoms with Gasteiger partial charge < -0.3 is 5.32 Å². The Morgan fingerprint density at radius 1 is 1.15 bits per heavy atom. The minimum Gasteiger partial charge on any atom is -0.306 e. The highest BCUT2D eigenvalue weighted by molar-refractivity contribution is 5.53. The van der Waals surface area contributed by atoms with E-state index in [1.807, 2.05) is 29.9 Å². The van der Waals surface area contributed by atoms with Crippen LogP contribution in [0, 0.1) is 13.8 Å². The maximum atomic E-state index is 4.67. The van der Waals surface area contributed by atoms with Crippen LogP contribution < -0.4 is 5.32 Å². The lowest BCUT2D eigenvalue weighted by Crippen LogP contribution is -2.20. The number of nitrogens with one attached hydrogen (secondary N) is 1. The summed E-state index contributed by atoms with van der Waals surface area (Å²) < 4.78 is 2.02. The molecule has 3 heterocycles. The summed E-state index contributed by atoms with van der Waals surface area (Å²) in [6.07, 6.45) is 8.66. The van der Waals surface area contributed by atoms with Crippen LogP contribution in [0.3, 0.4) is 0 Å². The lowest BCUT2D eigenvalue weighted by atomic mass is 10.1. The summed E-state index contributed by atoms with van der Waals surface area (Å²) in [5.41, 5.74) is 5.40. The number of aromatic nitrogens is 5. The van der Waals surface area contributed by atoms with Gasteiger partial charge in [0.15, 0.2) is 5.82 Å². The Kier molecular flexibility index (Phi) is 5.73. The fourth-order valence-electron chi connectivity index (χ4n) is 2.99. The number of aryl methyl sites for hydroxylation is 3. The smallest absolute Gasteiger partial charge is 0.159 e. The second-order valence-corrected chi connectivity index (χ2v) is 6.58. The van der Waals surface area contributed by atoms with Crippen LogP contribution in [0.25, 0.3) is 11.4 Å². The molecule has 0 aliphatic heterocycles. The monoisotopic (exact) mass is 350 g/mol. The van der Waals surface area contributed by atoms with Crippen molar-refractivity contribution in [2.75, 3.05) is 0 Å². The van der Waals surface area contributed by atoms with E-state index >= 15 is 0 Å². The molecule has 0 aliphatic carbocycles. The summed E-state index contributed by atoms with van der Waals surface area (Å²) in [6.45, 7) is 10.1. The summed E-state index contributed by atoms with van der Waals surface area (Å²) >= 11 is 0. The average Bonchev–Trinajstić information content (AvgIpc) is 3.00. The molecule has 0 bridgehead atoms. The summed E-state index contributed by atoms with van der Waals surface area (Å²) in [5.74, 6) is 0.734. The highest BCUT2D eigenvalue weighted by atomic mass is 15.3. The third-order valence-electron chi connectivity index (χ3n) is 4.52. The van der Waals surface area contributed by atoms with E-state index in [4.69, 9.17) is 0 Å². The topological polar surface area (TPSA) is 68.5 Å². The Bertz CT molecular complexity index is 856. The summed E-state index contributed by atoms with van der Waals surface area (Å²) in [4.78, 5) is 13.2. The van der Waals surface area contributed by atoms with Gasteiger partial charge in [-0.05, 0) is 39.3 Å². The van der Waals surface area contributed by atoms with Gasteiger partial charge >= 0.3 is 0 Å². The molecule has 1 N–H and O–H groups in total. The van der Waals surface area contributed by atoms with E-state index in [0.29, 0.717) is 0 Å². The van der Waals surface area contributed by atoms with Gasteiger partial charge in [-0.3, -0.25) is 9.67 Å². The molecular weight excluding hydrogens is 324 g/mol. The Morgan fingerprint density at radius 3 is 2.62 bits per heavy atom. The Morgan fingerprint density at radius 2 is 1.92 bits per heavy atom. The standard InChI is InChI=1S/C20H26N6/c1-5-10-26-13-18(14(2)25-26)11-22-15(3)19-12-23-20(24-16(19)4)17-6-8-21-9-7-17/h6-9,12-13,15,22H,5,10-11H2,1-4H3/t15-/m1/s1. The van der Waals surface area contributed by atoms with Crippen molar-refractivity contribution >= 4 is 0 Å². The van der Waals surface area contributed by atoms with Gasteiger partial charge in [-0.15, -0.1) is 0 Å². The third kappa shape index (κ3) is 4.14. The molecule has 0 spiro atoms. The number of hydrogen-bond acceptors (Lipinski definition) is 5. The van der Waals surface area contributed by atoms with Crippen LogP contribution in [0.5, 0.6) is 0 Å². The molecule has 0 aliphatic rings. The van der Waals surface area contributed by atoms with Crippen molar-refractivity contribution in [3.63, 3.8) is 0 Å². The number of hydrogen-bond donors (Lipinski definition) is 1. The largest absolute Gasteiger partial charge is 0.306 e. The highest BCUT2D eigenvalue weighted by Crippen LogP contribution is 2.20. The summed E-state index contributed by atoms with van der Waals surface area (Å²) in [7, 11) is 0. The maximum absolute atomic E-state index is 4.67. The normalized spacial score (nSPS) is 12.3. The Hall–Kier alpha value is -2.60. The van der Waals surface area contributed by atoms with E-state index in [1.54, 1.807) is 12.4 Å². The quantitative estimate of drug-likeness (QED) is 0.705. The van der Waals surface area contributed by atoms with Crippen LogP contribution in [0.1, 0.15) is 48.8 Å². The number of rotatable bonds is 7. The average molecular weight is 350 g/mol. The van der Waals surface area contributed by atoms with Crippen LogP contribution in [0.4, 0.5) is 0 Å². The van der Waals surface area contributed by atoms with Crippen molar-refractivity contribution in [2.24, 2.45) is 0 Å². The molecule has 3 aromatic rings. The maximum Gasteiger partial charge on any atom is 0.159 e. The zero-order valence-electron chi connectivity index (χ0n) is 15.9. The molecule has 0 unspecified atom stereocenters. The molecule has 136 valence electrons. The van der Waals surface area contributed by atoms with Gasteiger partial charge in [0.05, 0.1) is 5.69 Å². The molecule has 3 aromatic heterocycles. The van der Waals surface area contributed by atoms with Gasteiger partial charge in [0, 0.05) is 66.3 Å². The van der Waals surface area contributed by atoms with Gasteiger partial charge in [-0.25, -0.2) is 9.97 Å². The summed E-state index contributed by atoms with van der Waals surface area (Å²) in [5, 5.41) is 8.13. The van der Waals surface area contributed by atoms with E-state index in [2.05, 4.69) is 52.3 Å². The molecule has 3 rings (SSSR count). The fraction of sp³-hybridized carbons (Fsp3) is 0.400. The first-order valence-electron chi connectivity index (χ1n) is 9.08. The van der Waals surface area contributed by atoms with Gasteiger partial charge in [0.1, 0.15) is 0 Å². The van der Waals surface area contributed by atoms with E-state index in [-0.39, 0.29) is 6.04 Å². The predicted octanol–water partition coefficient (Wildman–Crippen LogP) is 3.61. The minimum absolute atomic E-state index is 0.162. The van der Waals surface area contributed by atoms with E-state index in [1.165, 1.54) is 5.56 Å². The molecule has 6 nitrogen and oxygen atoms in total. The van der Waals surface area contributed by atoms with E-state index < -0.39 is 0 Å².